The summed E-state index contributed by atoms with van der Waals surface area (Å²) in [7, 11) is 0. The van der Waals surface area contributed by atoms with Crippen LogP contribution in [0.25, 0.3) is 0 Å². The van der Waals surface area contributed by atoms with E-state index < -0.39 is 30.1 Å². The Kier molecular flexibility index (Phi) is 4.30. The Bertz CT molecular complexity index is 582. The van der Waals surface area contributed by atoms with Crippen molar-refractivity contribution in [1.82, 2.24) is 15.0 Å². The van der Waals surface area contributed by atoms with Gasteiger partial charge in [0.15, 0.2) is 6.23 Å². The number of ether oxygens (including phenoxy) is 1. The van der Waals surface area contributed by atoms with Gasteiger partial charge < -0.3 is 14.9 Å². The first-order valence-corrected chi connectivity index (χ1v) is 7.56. The maximum absolute atomic E-state index is 12.4. The van der Waals surface area contributed by atoms with Gasteiger partial charge >= 0.3 is 12.2 Å². The molecule has 1 aliphatic rings. The third-order valence-corrected chi connectivity index (χ3v) is 3.96. The van der Waals surface area contributed by atoms with Gasteiger partial charge in [-0.15, -0.1) is 11.3 Å². The Balaban J connectivity index is 2.35. The van der Waals surface area contributed by atoms with Crippen molar-refractivity contribution < 1.29 is 24.5 Å². The molecule has 2 atom stereocenters. The molecule has 22 heavy (non-hydrogen) atoms. The molecule has 0 spiro atoms. The smallest absolute Gasteiger partial charge is 0.430 e. The van der Waals surface area contributed by atoms with Gasteiger partial charge in [0.25, 0.3) is 0 Å². The van der Waals surface area contributed by atoms with Crippen LogP contribution >= 0.6 is 11.3 Å². The largest absolute Gasteiger partial charge is 0.464 e. The predicted octanol–water partition coefficient (Wildman–Crippen LogP) is 2.35. The van der Waals surface area contributed by atoms with Crippen LogP contribution < -0.4 is 0 Å². The topological polar surface area (TPSA) is 103 Å². The van der Waals surface area contributed by atoms with Crippen LogP contribution in [-0.2, 0) is 4.74 Å². The zero-order valence-electron chi connectivity index (χ0n) is 12.8. The van der Waals surface area contributed by atoms with Crippen molar-refractivity contribution in [2.75, 3.05) is 0 Å². The Morgan fingerprint density at radius 3 is 2.50 bits per heavy atom. The summed E-state index contributed by atoms with van der Waals surface area (Å²) < 4.78 is 5.26. The molecule has 1 fully saturated rings. The lowest BCUT2D eigenvalue weighted by atomic mass is 10.2. The maximum atomic E-state index is 12.4. The first kappa shape index (κ1) is 16.5. The highest BCUT2D eigenvalue weighted by Gasteiger charge is 2.48. The van der Waals surface area contributed by atoms with Crippen molar-refractivity contribution in [3.63, 3.8) is 0 Å². The number of thiazole rings is 1. The number of carboxylic acid groups (broad SMARTS) is 1. The van der Waals surface area contributed by atoms with E-state index in [1.54, 1.807) is 27.0 Å². The molecular weight excluding hydrogens is 310 g/mol. The molecule has 2 amide bonds. The second-order valence-corrected chi connectivity index (χ2v) is 7.26. The monoisotopic (exact) mass is 329 g/mol. The summed E-state index contributed by atoms with van der Waals surface area (Å²) in [6, 6.07) is -0.667. The third-order valence-electron chi connectivity index (χ3n) is 2.94. The Hall–Kier alpha value is -1.87. The summed E-state index contributed by atoms with van der Waals surface area (Å²) in [4.78, 5) is 28.9. The van der Waals surface area contributed by atoms with Gasteiger partial charge in [0, 0.05) is 17.5 Å². The Morgan fingerprint density at radius 2 is 2.05 bits per heavy atom. The molecule has 1 saturated heterocycles. The molecule has 0 saturated carbocycles. The highest BCUT2D eigenvalue weighted by Crippen LogP contribution is 2.38. The first-order chi connectivity index (χ1) is 10.1. The lowest BCUT2D eigenvalue weighted by molar-refractivity contribution is -0.0772. The van der Waals surface area contributed by atoms with Crippen LogP contribution in [0.3, 0.4) is 0 Å². The SMILES string of the molecule is Cc1cnc(C2CC(O)N(C(=O)O)N2C(=O)OC(C)(C)C)s1. The summed E-state index contributed by atoms with van der Waals surface area (Å²) >= 11 is 1.35. The van der Waals surface area contributed by atoms with E-state index in [0.29, 0.717) is 10.0 Å². The lowest BCUT2D eigenvalue weighted by Gasteiger charge is -2.32. The van der Waals surface area contributed by atoms with E-state index in [2.05, 4.69) is 4.98 Å². The normalized spacial score (nSPS) is 22.0. The number of hydrogen-bond donors (Lipinski definition) is 2. The number of amides is 2. The van der Waals surface area contributed by atoms with E-state index in [1.807, 2.05) is 6.92 Å². The maximum Gasteiger partial charge on any atom is 0.430 e. The fourth-order valence-electron chi connectivity index (χ4n) is 2.17. The minimum Gasteiger partial charge on any atom is -0.464 e. The van der Waals surface area contributed by atoms with Crippen LogP contribution in [0.1, 0.15) is 43.1 Å². The fourth-order valence-corrected chi connectivity index (χ4v) is 3.04. The van der Waals surface area contributed by atoms with Crippen molar-refractivity contribution in [3.05, 3.63) is 16.1 Å². The highest BCUT2D eigenvalue weighted by atomic mass is 32.1. The molecule has 2 unspecified atom stereocenters. The molecule has 2 N–H and O–H groups in total. The zero-order chi connectivity index (χ0) is 16.7. The molecular formula is C13H19N3O5S. The van der Waals surface area contributed by atoms with E-state index in [4.69, 9.17) is 4.74 Å². The zero-order valence-corrected chi connectivity index (χ0v) is 13.6. The Morgan fingerprint density at radius 1 is 1.41 bits per heavy atom. The van der Waals surface area contributed by atoms with Crippen LogP contribution in [-0.4, -0.2) is 49.2 Å². The second-order valence-electron chi connectivity index (χ2n) is 5.99. The van der Waals surface area contributed by atoms with Gasteiger partial charge in [0.2, 0.25) is 0 Å². The lowest BCUT2D eigenvalue weighted by Crippen LogP contribution is -2.49. The van der Waals surface area contributed by atoms with Crippen molar-refractivity contribution >= 4 is 23.5 Å². The van der Waals surface area contributed by atoms with E-state index >= 15 is 0 Å². The molecule has 0 bridgehead atoms. The molecule has 122 valence electrons. The van der Waals surface area contributed by atoms with E-state index in [1.165, 1.54) is 11.3 Å². The summed E-state index contributed by atoms with van der Waals surface area (Å²) in [6.45, 7) is 6.92. The van der Waals surface area contributed by atoms with Crippen molar-refractivity contribution in [2.45, 2.75) is 52.0 Å². The molecule has 2 rings (SSSR count). The number of aliphatic hydroxyl groups is 1. The number of nitrogens with zero attached hydrogens (tertiary/aromatic N) is 3. The van der Waals surface area contributed by atoms with Crippen molar-refractivity contribution in [2.24, 2.45) is 0 Å². The summed E-state index contributed by atoms with van der Waals surface area (Å²) in [5.41, 5.74) is -0.780. The quantitative estimate of drug-likeness (QED) is 0.820. The van der Waals surface area contributed by atoms with Gasteiger partial charge in [-0.2, -0.15) is 5.01 Å². The average Bonchev–Trinajstić information content (AvgIpc) is 2.90. The molecule has 1 aromatic heterocycles. The number of carbonyl (C=O) groups excluding carboxylic acids is 1. The fraction of sp³-hybridized carbons (Fsp3) is 0.615. The molecule has 0 aliphatic carbocycles. The molecule has 8 nitrogen and oxygen atoms in total. The van der Waals surface area contributed by atoms with Gasteiger partial charge in [0.05, 0.1) is 0 Å². The number of aliphatic hydroxyl groups excluding tert-OH is 1. The van der Waals surface area contributed by atoms with Crippen LogP contribution in [0.2, 0.25) is 0 Å². The molecule has 2 heterocycles. The summed E-state index contributed by atoms with van der Waals surface area (Å²) in [5, 5.41) is 21.3. The number of hydrazine groups is 1. The van der Waals surface area contributed by atoms with Crippen LogP contribution in [0.15, 0.2) is 6.20 Å². The standard InChI is InChI=1S/C13H19N3O5S/c1-7-6-14-10(22-7)8-5-9(17)16(11(18)19)15(8)12(20)21-13(2,3)4/h6,8-9,17H,5H2,1-4H3,(H,18,19). The molecule has 1 aromatic rings. The van der Waals surface area contributed by atoms with E-state index in [0.717, 1.165) is 9.89 Å². The van der Waals surface area contributed by atoms with Gasteiger partial charge in [-0.1, -0.05) is 0 Å². The van der Waals surface area contributed by atoms with Gasteiger partial charge in [0.1, 0.15) is 16.7 Å². The number of hydrogen-bond acceptors (Lipinski definition) is 6. The minimum atomic E-state index is -1.42. The van der Waals surface area contributed by atoms with Gasteiger partial charge in [-0.05, 0) is 27.7 Å². The van der Waals surface area contributed by atoms with Crippen LogP contribution in [0, 0.1) is 6.92 Å². The number of aromatic nitrogens is 1. The Labute approximate surface area is 131 Å². The second kappa shape index (κ2) is 5.73. The van der Waals surface area contributed by atoms with Crippen LogP contribution in [0.5, 0.6) is 0 Å². The molecule has 9 heteroatoms. The van der Waals surface area contributed by atoms with E-state index in [-0.39, 0.29) is 6.42 Å². The van der Waals surface area contributed by atoms with Gasteiger partial charge in [-0.25, -0.2) is 19.6 Å². The van der Waals surface area contributed by atoms with Crippen LogP contribution in [0.4, 0.5) is 9.59 Å². The molecule has 0 radical (unpaired) electrons. The average molecular weight is 329 g/mol. The van der Waals surface area contributed by atoms with Crippen molar-refractivity contribution in [3.8, 4) is 0 Å². The van der Waals surface area contributed by atoms with E-state index in [9.17, 15) is 19.8 Å². The molecule has 1 aliphatic heterocycles. The first-order valence-electron chi connectivity index (χ1n) is 6.75. The summed E-state index contributed by atoms with van der Waals surface area (Å²) in [6.07, 6.45) is -1.88. The highest BCUT2D eigenvalue weighted by molar-refractivity contribution is 7.11. The summed E-state index contributed by atoms with van der Waals surface area (Å²) in [5.74, 6) is 0. The molecule has 0 aromatic carbocycles. The number of rotatable bonds is 1. The number of carbonyl (C=O) groups is 2. The third kappa shape index (κ3) is 3.30. The van der Waals surface area contributed by atoms with Gasteiger partial charge in [-0.3, -0.25) is 0 Å². The number of aryl methyl sites for hydroxylation is 1. The minimum absolute atomic E-state index is 0.0541. The van der Waals surface area contributed by atoms with Crippen molar-refractivity contribution in [1.29, 1.82) is 0 Å². The predicted molar refractivity (Wildman–Crippen MR) is 78.2 cm³/mol.